The van der Waals surface area contributed by atoms with Gasteiger partial charge in [0.1, 0.15) is 0 Å². The Hall–Kier alpha value is -0.980. The number of aryl methyl sites for hydroxylation is 1. The third kappa shape index (κ3) is 1.89. The monoisotopic (exact) mass is 269 g/mol. The van der Waals surface area contributed by atoms with Crippen LogP contribution in [0.15, 0.2) is 18.2 Å². The number of nitrogen functional groups attached to an aromatic ring is 1. The van der Waals surface area contributed by atoms with Crippen LogP contribution in [0.25, 0.3) is 0 Å². The van der Waals surface area contributed by atoms with Crippen LogP contribution >= 0.6 is 0 Å². The standard InChI is InChI=1S/C19H27N/c1-11-3-4-17(20)10-18(11)12(2)19-15-6-13-5-14(8-15)9-16(19)7-13/h3-4,10,12-16,19H,5-9,20H2,1-2H3. The molecule has 0 heterocycles. The molecular formula is C19H27N. The number of rotatable bonds is 2. The molecule has 1 unspecified atom stereocenters. The smallest absolute Gasteiger partial charge is 0.0317 e. The van der Waals surface area contributed by atoms with Crippen LogP contribution in [0.1, 0.15) is 56.1 Å². The van der Waals surface area contributed by atoms with Gasteiger partial charge in [-0.25, -0.2) is 0 Å². The third-order valence-electron chi connectivity index (χ3n) is 6.67. The van der Waals surface area contributed by atoms with Crippen molar-refractivity contribution in [1.82, 2.24) is 0 Å². The maximum atomic E-state index is 6.04. The van der Waals surface area contributed by atoms with E-state index in [0.29, 0.717) is 5.92 Å². The molecule has 20 heavy (non-hydrogen) atoms. The van der Waals surface area contributed by atoms with Gasteiger partial charge in [0.05, 0.1) is 0 Å². The van der Waals surface area contributed by atoms with E-state index in [0.717, 1.165) is 35.3 Å². The Kier molecular flexibility index (Phi) is 2.87. The predicted octanol–water partition coefficient (Wildman–Crippen LogP) is 4.75. The van der Waals surface area contributed by atoms with E-state index in [1.54, 1.807) is 6.42 Å². The SMILES string of the molecule is Cc1ccc(N)cc1C(C)C1C2CC3CC(C2)CC1C3. The molecule has 108 valence electrons. The van der Waals surface area contributed by atoms with Gasteiger partial charge in [0.2, 0.25) is 0 Å². The Morgan fingerprint density at radius 2 is 1.60 bits per heavy atom. The summed E-state index contributed by atoms with van der Waals surface area (Å²) in [5.74, 6) is 5.76. The highest BCUT2D eigenvalue weighted by Crippen LogP contribution is 2.59. The van der Waals surface area contributed by atoms with Gasteiger partial charge in [0, 0.05) is 5.69 Å². The summed E-state index contributed by atoms with van der Waals surface area (Å²) in [6, 6.07) is 6.49. The van der Waals surface area contributed by atoms with Gasteiger partial charge in [-0.1, -0.05) is 13.0 Å². The van der Waals surface area contributed by atoms with Crippen molar-refractivity contribution in [3.63, 3.8) is 0 Å². The molecule has 1 aromatic carbocycles. The molecule has 1 aromatic rings. The first kappa shape index (κ1) is 12.7. The summed E-state index contributed by atoms with van der Waals surface area (Å²) in [6.45, 7) is 4.72. The summed E-state index contributed by atoms with van der Waals surface area (Å²) in [5, 5.41) is 0. The van der Waals surface area contributed by atoms with E-state index in [9.17, 15) is 0 Å². The Morgan fingerprint density at radius 1 is 1.00 bits per heavy atom. The minimum Gasteiger partial charge on any atom is -0.399 e. The summed E-state index contributed by atoms with van der Waals surface area (Å²) in [6.07, 6.45) is 7.62. The second-order valence-electron chi connectivity index (χ2n) is 7.91. The largest absolute Gasteiger partial charge is 0.399 e. The molecule has 5 rings (SSSR count). The lowest BCUT2D eigenvalue weighted by molar-refractivity contribution is -0.0456. The van der Waals surface area contributed by atoms with E-state index in [1.165, 1.54) is 36.8 Å². The quantitative estimate of drug-likeness (QED) is 0.770. The summed E-state index contributed by atoms with van der Waals surface area (Å²) < 4.78 is 0. The summed E-state index contributed by atoms with van der Waals surface area (Å²) in [7, 11) is 0. The minimum atomic E-state index is 0.688. The van der Waals surface area contributed by atoms with Gasteiger partial charge in [-0.15, -0.1) is 0 Å². The molecule has 2 N–H and O–H groups in total. The normalized spacial score (nSPS) is 40.0. The molecule has 1 heteroatoms. The van der Waals surface area contributed by atoms with Crippen molar-refractivity contribution in [2.75, 3.05) is 5.73 Å². The van der Waals surface area contributed by atoms with Crippen LogP contribution in [0.2, 0.25) is 0 Å². The average molecular weight is 269 g/mol. The highest BCUT2D eigenvalue weighted by atomic mass is 14.6. The second kappa shape index (κ2) is 4.51. The van der Waals surface area contributed by atoms with Crippen molar-refractivity contribution in [3.8, 4) is 0 Å². The lowest BCUT2D eigenvalue weighted by Gasteiger charge is -2.56. The van der Waals surface area contributed by atoms with Crippen molar-refractivity contribution in [2.24, 2.45) is 29.6 Å². The second-order valence-corrected chi connectivity index (χ2v) is 7.91. The molecule has 0 spiro atoms. The number of nitrogens with two attached hydrogens (primary N) is 1. The third-order valence-corrected chi connectivity index (χ3v) is 6.67. The van der Waals surface area contributed by atoms with Crippen LogP contribution < -0.4 is 5.73 Å². The molecule has 4 aliphatic rings. The number of hydrogen-bond acceptors (Lipinski definition) is 1. The first-order valence-electron chi connectivity index (χ1n) is 8.48. The molecule has 0 aromatic heterocycles. The van der Waals surface area contributed by atoms with Crippen LogP contribution in [0.4, 0.5) is 5.69 Å². The summed E-state index contributed by atoms with van der Waals surface area (Å²) in [5.41, 5.74) is 9.92. The highest BCUT2D eigenvalue weighted by Gasteiger charge is 2.49. The molecule has 0 aliphatic heterocycles. The van der Waals surface area contributed by atoms with Crippen molar-refractivity contribution >= 4 is 5.69 Å². The maximum Gasteiger partial charge on any atom is 0.0317 e. The zero-order chi connectivity index (χ0) is 13.9. The lowest BCUT2D eigenvalue weighted by Crippen LogP contribution is -2.46. The van der Waals surface area contributed by atoms with Gasteiger partial charge in [0.25, 0.3) is 0 Å². The Bertz CT molecular complexity index is 490. The minimum absolute atomic E-state index is 0.688. The fourth-order valence-corrected chi connectivity index (χ4v) is 6.14. The fourth-order valence-electron chi connectivity index (χ4n) is 6.14. The van der Waals surface area contributed by atoms with E-state index >= 15 is 0 Å². The summed E-state index contributed by atoms with van der Waals surface area (Å²) >= 11 is 0. The molecule has 0 amide bonds. The Balaban J connectivity index is 1.65. The van der Waals surface area contributed by atoms with Gasteiger partial charge < -0.3 is 5.73 Å². The molecule has 4 aliphatic carbocycles. The topological polar surface area (TPSA) is 26.0 Å². The summed E-state index contributed by atoms with van der Waals surface area (Å²) in [4.78, 5) is 0. The molecule has 4 bridgehead atoms. The van der Waals surface area contributed by atoms with Crippen LogP contribution in [0, 0.1) is 36.5 Å². The molecule has 1 atom stereocenters. The van der Waals surface area contributed by atoms with E-state index < -0.39 is 0 Å². The zero-order valence-electron chi connectivity index (χ0n) is 12.8. The molecule has 0 saturated heterocycles. The lowest BCUT2D eigenvalue weighted by atomic mass is 9.49. The molecule has 4 fully saturated rings. The molecular weight excluding hydrogens is 242 g/mol. The van der Waals surface area contributed by atoms with Gasteiger partial charge in [-0.05, 0) is 97.8 Å². The average Bonchev–Trinajstić information content (AvgIpc) is 2.40. The first-order valence-corrected chi connectivity index (χ1v) is 8.48. The van der Waals surface area contributed by atoms with Crippen molar-refractivity contribution in [2.45, 2.75) is 51.9 Å². The van der Waals surface area contributed by atoms with E-state index in [4.69, 9.17) is 5.73 Å². The van der Waals surface area contributed by atoms with Gasteiger partial charge in [0.15, 0.2) is 0 Å². The van der Waals surface area contributed by atoms with Crippen LogP contribution in [0.3, 0.4) is 0 Å². The van der Waals surface area contributed by atoms with Gasteiger partial charge in [-0.3, -0.25) is 0 Å². The molecule has 4 saturated carbocycles. The Morgan fingerprint density at radius 3 is 2.20 bits per heavy atom. The fraction of sp³-hybridized carbons (Fsp3) is 0.684. The first-order chi connectivity index (χ1) is 9.61. The van der Waals surface area contributed by atoms with E-state index in [2.05, 4.69) is 26.0 Å². The maximum absolute atomic E-state index is 6.04. The van der Waals surface area contributed by atoms with Crippen LogP contribution in [-0.4, -0.2) is 0 Å². The highest BCUT2D eigenvalue weighted by molar-refractivity contribution is 5.46. The van der Waals surface area contributed by atoms with Crippen LogP contribution in [-0.2, 0) is 0 Å². The van der Waals surface area contributed by atoms with Crippen LogP contribution in [0.5, 0.6) is 0 Å². The van der Waals surface area contributed by atoms with Crippen molar-refractivity contribution in [1.29, 1.82) is 0 Å². The van der Waals surface area contributed by atoms with Gasteiger partial charge in [-0.2, -0.15) is 0 Å². The predicted molar refractivity (Wildman–Crippen MR) is 84.5 cm³/mol. The number of hydrogen-bond donors (Lipinski definition) is 1. The molecule has 0 radical (unpaired) electrons. The molecule has 1 nitrogen and oxygen atoms in total. The zero-order valence-corrected chi connectivity index (χ0v) is 12.8. The number of benzene rings is 1. The Labute approximate surface area is 122 Å². The van der Waals surface area contributed by atoms with Gasteiger partial charge >= 0.3 is 0 Å². The number of anilines is 1. The van der Waals surface area contributed by atoms with E-state index in [-0.39, 0.29) is 0 Å². The van der Waals surface area contributed by atoms with Crippen molar-refractivity contribution in [3.05, 3.63) is 29.3 Å². The van der Waals surface area contributed by atoms with Crippen molar-refractivity contribution < 1.29 is 0 Å². The van der Waals surface area contributed by atoms with E-state index in [1.807, 2.05) is 6.07 Å².